The zero-order valence-corrected chi connectivity index (χ0v) is 16.5. The van der Waals surface area contributed by atoms with Gasteiger partial charge in [0.25, 0.3) is 5.56 Å². The molecule has 144 valence electrons. The third kappa shape index (κ3) is 3.75. The van der Waals surface area contributed by atoms with Crippen molar-refractivity contribution in [3.63, 3.8) is 0 Å². The molecule has 0 radical (unpaired) electrons. The Kier molecular flexibility index (Phi) is 5.34. The number of hydrogen-bond acceptors (Lipinski definition) is 5. The number of rotatable bonds is 4. The molecule has 0 spiro atoms. The van der Waals surface area contributed by atoms with Crippen LogP contribution >= 0.6 is 11.8 Å². The lowest BCUT2D eigenvalue weighted by Gasteiger charge is -2.28. The van der Waals surface area contributed by atoms with Gasteiger partial charge in [0.1, 0.15) is 6.54 Å². The van der Waals surface area contributed by atoms with Crippen molar-refractivity contribution in [2.75, 3.05) is 34.8 Å². The first kappa shape index (κ1) is 18.6. The van der Waals surface area contributed by atoms with E-state index in [0.29, 0.717) is 5.39 Å². The van der Waals surface area contributed by atoms with E-state index in [-0.39, 0.29) is 18.0 Å². The molecule has 0 aliphatic carbocycles. The van der Waals surface area contributed by atoms with E-state index in [1.165, 1.54) is 4.68 Å². The van der Waals surface area contributed by atoms with Crippen molar-refractivity contribution < 1.29 is 4.79 Å². The number of aromatic nitrogens is 2. The summed E-state index contributed by atoms with van der Waals surface area (Å²) in [6, 6.07) is 15.1. The summed E-state index contributed by atoms with van der Waals surface area (Å²) in [6.07, 6.45) is 0. The van der Waals surface area contributed by atoms with Crippen LogP contribution in [0.3, 0.4) is 0 Å². The molecule has 28 heavy (non-hydrogen) atoms. The average molecular weight is 395 g/mol. The van der Waals surface area contributed by atoms with Gasteiger partial charge < -0.3 is 10.2 Å². The van der Waals surface area contributed by atoms with E-state index in [1.807, 2.05) is 61.2 Å². The van der Waals surface area contributed by atoms with Crippen LogP contribution in [-0.4, -0.2) is 40.3 Å². The molecule has 2 aromatic carbocycles. The van der Waals surface area contributed by atoms with Gasteiger partial charge in [0.05, 0.1) is 5.39 Å². The van der Waals surface area contributed by atoms with Crippen molar-refractivity contribution in [3.05, 3.63) is 64.4 Å². The number of nitrogens with one attached hydrogen (secondary N) is 1. The van der Waals surface area contributed by atoms with Crippen LogP contribution in [-0.2, 0) is 11.3 Å². The van der Waals surface area contributed by atoms with Crippen molar-refractivity contribution in [2.45, 2.75) is 13.5 Å². The second-order valence-corrected chi connectivity index (χ2v) is 8.02. The van der Waals surface area contributed by atoms with Crippen LogP contribution in [0.1, 0.15) is 5.56 Å². The number of anilines is 2. The van der Waals surface area contributed by atoms with E-state index < -0.39 is 0 Å². The Balaban J connectivity index is 1.68. The maximum atomic E-state index is 12.9. The van der Waals surface area contributed by atoms with Crippen molar-refractivity contribution in [2.24, 2.45) is 0 Å². The average Bonchev–Trinajstić information content (AvgIpc) is 2.72. The molecule has 4 rings (SSSR count). The minimum absolute atomic E-state index is 0.117. The van der Waals surface area contributed by atoms with Gasteiger partial charge in [-0.2, -0.15) is 16.9 Å². The van der Waals surface area contributed by atoms with Gasteiger partial charge in [-0.3, -0.25) is 9.59 Å². The lowest BCUT2D eigenvalue weighted by molar-refractivity contribution is -0.117. The molecule has 1 aliphatic heterocycles. The van der Waals surface area contributed by atoms with Crippen molar-refractivity contribution in [3.8, 4) is 0 Å². The molecule has 2 heterocycles. The van der Waals surface area contributed by atoms with Crippen LogP contribution in [0.5, 0.6) is 0 Å². The fourth-order valence-corrected chi connectivity index (χ4v) is 4.28. The molecule has 6 nitrogen and oxygen atoms in total. The number of fused-ring (bicyclic) bond motifs is 1. The highest BCUT2D eigenvalue weighted by atomic mass is 32.2. The summed E-state index contributed by atoms with van der Waals surface area (Å²) in [5.74, 6) is 2.57. The summed E-state index contributed by atoms with van der Waals surface area (Å²) in [5.41, 5.74) is 1.47. The number of carbonyl (C=O) groups excluding carboxylic acids is 1. The standard InChI is InChI=1S/C21H22N4O2S/c1-15-6-2-5-9-18(15)22-19(26)14-25-21(27)17-8-4-3-7-16(17)20(23-25)24-10-12-28-13-11-24/h2-9H,10-14H2,1H3,(H,22,26). The number of benzene rings is 2. The predicted molar refractivity (Wildman–Crippen MR) is 115 cm³/mol. The molecule has 1 saturated heterocycles. The number of para-hydroxylation sites is 1. The Bertz CT molecular complexity index is 1070. The molecule has 7 heteroatoms. The third-order valence-corrected chi connectivity index (χ3v) is 5.81. The fraction of sp³-hybridized carbons (Fsp3) is 0.286. The summed E-state index contributed by atoms with van der Waals surface area (Å²) in [7, 11) is 0. The summed E-state index contributed by atoms with van der Waals surface area (Å²) in [5, 5.41) is 8.90. The van der Waals surface area contributed by atoms with E-state index in [9.17, 15) is 9.59 Å². The minimum Gasteiger partial charge on any atom is -0.353 e. The molecule has 1 amide bonds. The van der Waals surface area contributed by atoms with Crippen LogP contribution < -0.4 is 15.8 Å². The molecule has 0 saturated carbocycles. The lowest BCUT2D eigenvalue weighted by Crippen LogP contribution is -2.37. The SMILES string of the molecule is Cc1ccccc1NC(=O)Cn1nc(N2CCSCC2)c2ccccc2c1=O. The number of carbonyl (C=O) groups is 1. The van der Waals surface area contributed by atoms with Gasteiger partial charge >= 0.3 is 0 Å². The van der Waals surface area contributed by atoms with Crippen LogP contribution in [0.25, 0.3) is 10.8 Å². The number of aryl methyl sites for hydroxylation is 1. The highest BCUT2D eigenvalue weighted by Gasteiger charge is 2.19. The van der Waals surface area contributed by atoms with Crippen molar-refractivity contribution in [1.29, 1.82) is 0 Å². The Hall–Kier alpha value is -2.80. The largest absolute Gasteiger partial charge is 0.353 e. The monoisotopic (exact) mass is 394 g/mol. The highest BCUT2D eigenvalue weighted by molar-refractivity contribution is 7.99. The molecule has 1 aromatic heterocycles. The van der Waals surface area contributed by atoms with Crippen LogP contribution in [0.2, 0.25) is 0 Å². The molecule has 1 fully saturated rings. The number of nitrogens with zero attached hydrogens (tertiary/aromatic N) is 3. The van der Waals surface area contributed by atoms with Gasteiger partial charge in [-0.25, -0.2) is 4.68 Å². The van der Waals surface area contributed by atoms with Gasteiger partial charge in [0, 0.05) is 35.7 Å². The number of thioether (sulfide) groups is 1. The topological polar surface area (TPSA) is 67.2 Å². The molecule has 3 aromatic rings. The Morgan fingerprint density at radius 2 is 1.75 bits per heavy atom. The summed E-state index contributed by atoms with van der Waals surface area (Å²) >= 11 is 1.92. The smallest absolute Gasteiger partial charge is 0.275 e. The first-order valence-electron chi connectivity index (χ1n) is 9.31. The quantitative estimate of drug-likeness (QED) is 0.737. The molecule has 0 bridgehead atoms. The van der Waals surface area contributed by atoms with Crippen molar-refractivity contribution in [1.82, 2.24) is 9.78 Å². The predicted octanol–water partition coefficient (Wildman–Crippen LogP) is 2.90. The fourth-order valence-electron chi connectivity index (χ4n) is 3.37. The first-order chi connectivity index (χ1) is 13.6. The summed E-state index contributed by atoms with van der Waals surface area (Å²) in [4.78, 5) is 27.7. The van der Waals surface area contributed by atoms with Crippen LogP contribution in [0, 0.1) is 6.92 Å². The van der Waals surface area contributed by atoms with E-state index in [1.54, 1.807) is 6.07 Å². The zero-order chi connectivity index (χ0) is 19.5. The second-order valence-electron chi connectivity index (χ2n) is 6.79. The lowest BCUT2D eigenvalue weighted by atomic mass is 10.1. The van der Waals surface area contributed by atoms with Gasteiger partial charge in [-0.15, -0.1) is 0 Å². The zero-order valence-electron chi connectivity index (χ0n) is 15.7. The van der Waals surface area contributed by atoms with Crippen LogP contribution in [0.4, 0.5) is 11.5 Å². The molecular weight excluding hydrogens is 372 g/mol. The van der Waals surface area contributed by atoms with Gasteiger partial charge in [0.2, 0.25) is 5.91 Å². The molecular formula is C21H22N4O2S. The Morgan fingerprint density at radius 3 is 2.50 bits per heavy atom. The van der Waals surface area contributed by atoms with Gasteiger partial charge in [-0.05, 0) is 24.6 Å². The van der Waals surface area contributed by atoms with Gasteiger partial charge in [-0.1, -0.05) is 36.4 Å². The Morgan fingerprint density at radius 1 is 1.07 bits per heavy atom. The minimum atomic E-state index is -0.265. The van der Waals surface area contributed by atoms with E-state index >= 15 is 0 Å². The first-order valence-corrected chi connectivity index (χ1v) is 10.5. The molecule has 1 N–H and O–H groups in total. The maximum absolute atomic E-state index is 12.9. The van der Waals surface area contributed by atoms with Crippen LogP contribution in [0.15, 0.2) is 53.3 Å². The molecule has 1 aliphatic rings. The summed E-state index contributed by atoms with van der Waals surface area (Å²) in [6.45, 7) is 3.58. The molecule has 0 atom stereocenters. The van der Waals surface area contributed by atoms with Gasteiger partial charge in [0.15, 0.2) is 5.82 Å². The normalized spacial score (nSPS) is 14.2. The van der Waals surface area contributed by atoms with E-state index in [2.05, 4.69) is 15.3 Å². The maximum Gasteiger partial charge on any atom is 0.275 e. The number of hydrogen-bond donors (Lipinski definition) is 1. The third-order valence-electron chi connectivity index (χ3n) is 4.87. The van der Waals surface area contributed by atoms with E-state index in [0.717, 1.165) is 47.1 Å². The highest BCUT2D eigenvalue weighted by Crippen LogP contribution is 2.24. The van der Waals surface area contributed by atoms with Crippen molar-refractivity contribution >= 4 is 39.9 Å². The molecule has 0 unspecified atom stereocenters. The summed E-state index contributed by atoms with van der Waals surface area (Å²) < 4.78 is 1.28. The van der Waals surface area contributed by atoms with E-state index in [4.69, 9.17) is 0 Å². The second kappa shape index (κ2) is 8.06. The number of amides is 1. The Labute approximate surface area is 167 Å².